The first-order valence-corrected chi connectivity index (χ1v) is 13.5. The summed E-state index contributed by atoms with van der Waals surface area (Å²) in [7, 11) is -3.57. The number of para-hydroxylation sites is 1. The Kier molecular flexibility index (Phi) is 7.08. The number of rotatable bonds is 7. The minimum absolute atomic E-state index is 0.0187. The van der Waals surface area contributed by atoms with E-state index >= 15 is 0 Å². The molecule has 0 saturated heterocycles. The molecule has 11 heteroatoms. The van der Waals surface area contributed by atoms with E-state index in [0.717, 1.165) is 46.3 Å². The van der Waals surface area contributed by atoms with Gasteiger partial charge in [-0.15, -0.1) is 5.10 Å². The van der Waals surface area contributed by atoms with Crippen LogP contribution in [0, 0.1) is 19.3 Å². The average Bonchev–Trinajstić information content (AvgIpc) is 3.24. The lowest BCUT2D eigenvalue weighted by molar-refractivity contribution is -0.114. The summed E-state index contributed by atoms with van der Waals surface area (Å²) >= 11 is 0.754. The predicted molar refractivity (Wildman–Crippen MR) is 138 cm³/mol. The zero-order valence-electron chi connectivity index (χ0n) is 19.4. The Morgan fingerprint density at radius 1 is 1.06 bits per heavy atom. The number of hydrogen-bond donors (Lipinski definition) is 1. The Balaban J connectivity index is 1.34. The van der Waals surface area contributed by atoms with E-state index in [4.69, 9.17) is 14.9 Å². The fraction of sp³-hybridized carbons (Fsp3) is 0.250. The third kappa shape index (κ3) is 5.63. The van der Waals surface area contributed by atoms with Crippen molar-refractivity contribution in [3.63, 3.8) is 0 Å². The summed E-state index contributed by atoms with van der Waals surface area (Å²) < 4.78 is 35.0. The Hall–Kier alpha value is -3.44. The van der Waals surface area contributed by atoms with Crippen LogP contribution in [0.5, 0.6) is 11.5 Å². The molecule has 9 nitrogen and oxygen atoms in total. The summed E-state index contributed by atoms with van der Waals surface area (Å²) in [5, 5.41) is 13.4. The van der Waals surface area contributed by atoms with Crippen molar-refractivity contribution < 1.29 is 22.7 Å². The number of carbonyl (C=O) groups excluding carboxylic acids is 1. The third-order valence-corrected chi connectivity index (χ3v) is 7.73. The molecular formula is C24H24N4O5S2. The molecule has 0 spiro atoms. The molecule has 0 aliphatic carbocycles. The van der Waals surface area contributed by atoms with Crippen molar-refractivity contribution >= 4 is 49.0 Å². The number of ether oxygens (including phenoxy) is 2. The zero-order chi connectivity index (χ0) is 25.2. The highest BCUT2D eigenvalue weighted by atomic mass is 32.3. The number of thioether (sulfide) groups is 1. The van der Waals surface area contributed by atoms with E-state index in [0.29, 0.717) is 24.5 Å². The molecule has 0 radical (unpaired) electrons. The average molecular weight is 513 g/mol. The van der Waals surface area contributed by atoms with Gasteiger partial charge in [0.1, 0.15) is 11.5 Å². The summed E-state index contributed by atoms with van der Waals surface area (Å²) in [5.74, 6) is 0.733. The molecule has 0 atom stereocenters. The molecule has 2 aliphatic heterocycles. The molecule has 2 aromatic rings. The second-order valence-corrected chi connectivity index (χ2v) is 11.1. The highest BCUT2D eigenvalue weighted by Gasteiger charge is 2.38. The molecule has 0 aromatic heterocycles. The molecule has 182 valence electrons. The van der Waals surface area contributed by atoms with Crippen LogP contribution < -0.4 is 9.47 Å². The minimum Gasteiger partial charge on any atom is -0.493 e. The molecule has 0 saturated carbocycles. The van der Waals surface area contributed by atoms with Crippen molar-refractivity contribution in [2.45, 2.75) is 20.3 Å². The number of nitrogens with one attached hydrogen (secondary N) is 1. The lowest BCUT2D eigenvalue weighted by Crippen LogP contribution is -2.35. The normalized spacial score (nSPS) is 16.8. The van der Waals surface area contributed by atoms with Crippen LogP contribution in [-0.2, 0) is 14.6 Å². The first-order valence-electron chi connectivity index (χ1n) is 10.8. The predicted octanol–water partition coefficient (Wildman–Crippen LogP) is 3.77. The van der Waals surface area contributed by atoms with Crippen LogP contribution in [-0.4, -0.2) is 54.2 Å². The Morgan fingerprint density at radius 2 is 1.71 bits per heavy atom. The summed E-state index contributed by atoms with van der Waals surface area (Å²) in [6.07, 6.45) is 3.25. The van der Waals surface area contributed by atoms with Gasteiger partial charge in [-0.3, -0.25) is 10.2 Å². The fourth-order valence-corrected chi connectivity index (χ4v) is 5.09. The van der Waals surface area contributed by atoms with Crippen molar-refractivity contribution in [1.82, 2.24) is 5.01 Å². The van der Waals surface area contributed by atoms with E-state index < -0.39 is 15.7 Å². The van der Waals surface area contributed by atoms with Crippen molar-refractivity contribution in [2.75, 3.05) is 19.5 Å². The van der Waals surface area contributed by atoms with E-state index in [1.54, 1.807) is 24.3 Å². The van der Waals surface area contributed by atoms with E-state index in [1.807, 2.05) is 32.0 Å². The smallest absolute Gasteiger partial charge is 0.283 e. The molecule has 35 heavy (non-hydrogen) atoms. The van der Waals surface area contributed by atoms with Crippen molar-refractivity contribution in [1.29, 1.82) is 5.41 Å². The van der Waals surface area contributed by atoms with Crippen molar-refractivity contribution in [2.24, 2.45) is 10.1 Å². The largest absolute Gasteiger partial charge is 0.493 e. The van der Waals surface area contributed by atoms with E-state index in [9.17, 15) is 13.2 Å². The number of hydrazone groups is 1. The van der Waals surface area contributed by atoms with Gasteiger partial charge >= 0.3 is 0 Å². The second-order valence-electron chi connectivity index (χ2n) is 8.00. The first kappa shape index (κ1) is 24.7. The number of benzene rings is 2. The highest BCUT2D eigenvalue weighted by Crippen LogP contribution is 2.30. The van der Waals surface area contributed by atoms with Gasteiger partial charge in [-0.25, -0.2) is 8.42 Å². The monoisotopic (exact) mass is 512 g/mol. The van der Waals surface area contributed by atoms with Crippen LogP contribution in [0.4, 0.5) is 0 Å². The van der Waals surface area contributed by atoms with Gasteiger partial charge < -0.3 is 9.47 Å². The first-order chi connectivity index (χ1) is 16.6. The van der Waals surface area contributed by atoms with Gasteiger partial charge in [-0.1, -0.05) is 30.3 Å². The van der Waals surface area contributed by atoms with Gasteiger partial charge in [0.2, 0.25) is 19.4 Å². The minimum atomic E-state index is -3.57. The maximum Gasteiger partial charge on any atom is 0.283 e. The number of amidine groups is 2. The third-order valence-electron chi connectivity index (χ3n) is 5.16. The van der Waals surface area contributed by atoms with E-state index in [2.05, 4.69) is 10.1 Å². The van der Waals surface area contributed by atoms with E-state index in [1.165, 1.54) is 6.08 Å². The Morgan fingerprint density at radius 3 is 2.37 bits per heavy atom. The van der Waals surface area contributed by atoms with Crippen molar-refractivity contribution in [3.8, 4) is 11.5 Å². The molecule has 1 amide bonds. The number of nitrogens with zero attached hydrogens (tertiary/aromatic N) is 3. The Labute approximate surface area is 208 Å². The quantitative estimate of drug-likeness (QED) is 0.443. The van der Waals surface area contributed by atoms with Crippen molar-refractivity contribution in [3.05, 3.63) is 64.7 Å². The maximum absolute atomic E-state index is 12.4. The van der Waals surface area contributed by atoms with Gasteiger partial charge in [0.25, 0.3) is 5.91 Å². The molecule has 0 bridgehead atoms. The van der Waals surface area contributed by atoms with Gasteiger partial charge in [0, 0.05) is 12.7 Å². The lowest BCUT2D eigenvalue weighted by atomic mass is 10.1. The van der Waals surface area contributed by atoms with Crippen LogP contribution in [0.15, 0.2) is 58.1 Å². The molecule has 2 aliphatic rings. The summed E-state index contributed by atoms with van der Waals surface area (Å²) in [6, 6.07) is 13.1. The number of amides is 1. The number of fused-ring (bicyclic) bond motifs is 1. The molecule has 4 rings (SSSR count). The molecule has 1 N–H and O–H groups in total. The van der Waals surface area contributed by atoms with Gasteiger partial charge in [-0.2, -0.15) is 10.0 Å². The summed E-state index contributed by atoms with van der Waals surface area (Å²) in [6.45, 7) is 5.07. The molecule has 0 fully saturated rings. The fourth-order valence-electron chi connectivity index (χ4n) is 3.40. The second kappa shape index (κ2) is 10.0. The lowest BCUT2D eigenvalue weighted by Gasteiger charge is -2.20. The number of aliphatic imine (C=N–C) groups is 1. The number of aryl methyl sites for hydroxylation is 2. The molecule has 2 aromatic carbocycles. The molecule has 0 unspecified atom stereocenters. The topological polar surface area (TPSA) is 121 Å². The van der Waals surface area contributed by atoms with Crippen LogP contribution in [0.25, 0.3) is 6.08 Å². The maximum atomic E-state index is 12.4. The van der Waals surface area contributed by atoms with Crippen LogP contribution >= 0.6 is 11.8 Å². The van der Waals surface area contributed by atoms with Crippen LogP contribution in [0.2, 0.25) is 0 Å². The SMILES string of the molecule is Cc1cccc(C)c1OCCCOc1ccc(/C=C2\C(=N)N3N=C(S(C)(=O)=O)SC3=NC2=O)cc1. The highest BCUT2D eigenvalue weighted by molar-refractivity contribution is 8.42. The summed E-state index contributed by atoms with van der Waals surface area (Å²) in [5.41, 5.74) is 2.90. The van der Waals surface area contributed by atoms with Crippen LogP contribution in [0.1, 0.15) is 23.1 Å². The number of hydrogen-bond acceptors (Lipinski definition) is 8. The van der Waals surface area contributed by atoms with Crippen LogP contribution in [0.3, 0.4) is 0 Å². The number of carbonyl (C=O) groups is 1. The number of sulfone groups is 1. The molecule has 2 heterocycles. The van der Waals surface area contributed by atoms with E-state index in [-0.39, 0.29) is 21.0 Å². The van der Waals surface area contributed by atoms with Gasteiger partial charge in [-0.05, 0) is 60.5 Å². The molecular weight excluding hydrogens is 488 g/mol. The zero-order valence-corrected chi connectivity index (χ0v) is 21.1. The summed E-state index contributed by atoms with van der Waals surface area (Å²) in [4.78, 5) is 16.3. The standard InChI is InChI=1S/C24H24N4O5S2/c1-15-6-4-7-16(2)20(15)33-13-5-12-32-18-10-8-17(9-11-18)14-19-21(25)28-23(26-22(19)29)34-24(27-28)35(3,30)31/h4,6-11,14,25H,5,12-13H2,1-3H3/b19-14+,25-21?. The Bertz CT molecular complexity index is 1360. The van der Waals surface area contributed by atoms with Gasteiger partial charge in [0.05, 0.1) is 18.8 Å². The van der Waals surface area contributed by atoms with Gasteiger partial charge in [0.15, 0.2) is 5.84 Å².